The Bertz CT molecular complexity index is 1030. The molecule has 7 heteroatoms. The molecule has 0 aliphatic carbocycles. The van der Waals surface area contributed by atoms with Crippen molar-refractivity contribution in [2.75, 3.05) is 13.1 Å². The Labute approximate surface area is 175 Å². The highest BCUT2D eigenvalue weighted by atomic mass is 16.2. The van der Waals surface area contributed by atoms with Crippen molar-refractivity contribution < 1.29 is 9.59 Å². The van der Waals surface area contributed by atoms with E-state index < -0.39 is 6.04 Å². The van der Waals surface area contributed by atoms with Crippen LogP contribution in [0.4, 0.5) is 0 Å². The van der Waals surface area contributed by atoms with Gasteiger partial charge in [0.15, 0.2) is 0 Å². The minimum absolute atomic E-state index is 0.0403. The van der Waals surface area contributed by atoms with Crippen LogP contribution in [0.25, 0.3) is 10.9 Å². The Morgan fingerprint density at radius 2 is 2.13 bits per heavy atom. The fourth-order valence-corrected chi connectivity index (χ4v) is 4.35. The predicted octanol–water partition coefficient (Wildman–Crippen LogP) is 2.16. The molecule has 30 heavy (non-hydrogen) atoms. The largest absolute Gasteiger partial charge is 0.361 e. The van der Waals surface area contributed by atoms with Gasteiger partial charge in [0.25, 0.3) is 0 Å². The van der Waals surface area contributed by atoms with Crippen LogP contribution in [0.3, 0.4) is 0 Å². The first-order valence-corrected chi connectivity index (χ1v) is 10.3. The molecule has 1 saturated heterocycles. The maximum Gasteiger partial charge on any atom is 0.246 e. The van der Waals surface area contributed by atoms with E-state index in [1.54, 1.807) is 6.20 Å². The molecular weight excluding hydrogens is 378 g/mol. The van der Waals surface area contributed by atoms with Gasteiger partial charge in [-0.15, -0.1) is 0 Å². The van der Waals surface area contributed by atoms with Gasteiger partial charge in [-0.05, 0) is 35.6 Å². The predicted molar refractivity (Wildman–Crippen MR) is 115 cm³/mol. The molecular formula is C23H27N5O2. The van der Waals surface area contributed by atoms with E-state index in [2.05, 4.69) is 22.2 Å². The zero-order valence-corrected chi connectivity index (χ0v) is 17.0. The molecule has 156 valence electrons. The Morgan fingerprint density at radius 3 is 2.90 bits per heavy atom. The lowest BCUT2D eigenvalue weighted by atomic mass is 10.0. The van der Waals surface area contributed by atoms with Crippen LogP contribution in [-0.2, 0) is 16.0 Å². The molecule has 4 N–H and O–H groups in total. The molecule has 0 saturated carbocycles. The number of H-pyrrole nitrogens is 1. The third kappa shape index (κ3) is 4.07. The number of likely N-dealkylation sites (tertiary alicyclic amines) is 1. The average Bonchev–Trinajstić information content (AvgIpc) is 3.37. The monoisotopic (exact) mass is 405 g/mol. The van der Waals surface area contributed by atoms with Gasteiger partial charge in [-0.1, -0.05) is 31.2 Å². The van der Waals surface area contributed by atoms with Crippen LogP contribution < -0.4 is 11.1 Å². The van der Waals surface area contributed by atoms with Gasteiger partial charge < -0.3 is 20.9 Å². The van der Waals surface area contributed by atoms with E-state index in [0.717, 1.165) is 28.5 Å². The average molecular weight is 406 g/mol. The maximum absolute atomic E-state index is 13.6. The highest BCUT2D eigenvalue weighted by molar-refractivity contribution is 5.90. The SMILES string of the molecule is CC1CC(c2cccnc2)N(C(=O)[C@@H](Cc2c[nH]c3ccccc23)NC(=O)CN)C1. The van der Waals surface area contributed by atoms with Crippen molar-refractivity contribution in [3.63, 3.8) is 0 Å². The fraction of sp³-hybridized carbons (Fsp3) is 0.348. The summed E-state index contributed by atoms with van der Waals surface area (Å²) in [5.41, 5.74) is 8.54. The van der Waals surface area contributed by atoms with Gasteiger partial charge in [0.05, 0.1) is 12.6 Å². The number of nitrogens with zero attached hydrogens (tertiary/aromatic N) is 2. The van der Waals surface area contributed by atoms with Gasteiger partial charge in [-0.3, -0.25) is 14.6 Å². The van der Waals surface area contributed by atoms with Gasteiger partial charge in [0, 0.05) is 42.5 Å². The molecule has 2 aromatic heterocycles. The zero-order chi connectivity index (χ0) is 21.1. The van der Waals surface area contributed by atoms with Crippen molar-refractivity contribution in [1.82, 2.24) is 20.2 Å². The Hall–Kier alpha value is -3.19. The molecule has 1 fully saturated rings. The number of carbonyl (C=O) groups is 2. The van der Waals surface area contributed by atoms with Crippen molar-refractivity contribution in [1.29, 1.82) is 0 Å². The minimum atomic E-state index is -0.676. The van der Waals surface area contributed by atoms with Crippen LogP contribution in [0.15, 0.2) is 55.0 Å². The number of rotatable bonds is 6. The Kier molecular flexibility index (Phi) is 5.81. The topological polar surface area (TPSA) is 104 Å². The summed E-state index contributed by atoms with van der Waals surface area (Å²) in [6, 6.07) is 11.1. The standard InChI is InChI=1S/C23H27N5O2/c1-15-9-21(16-5-4-8-25-12-16)28(14-15)23(30)20(27-22(29)11-24)10-17-13-26-19-7-3-2-6-18(17)19/h2-8,12-13,15,20-21,26H,9-11,14,24H2,1H3,(H,27,29)/t15?,20-,21?/m1/s1. The van der Waals surface area contributed by atoms with Crippen LogP contribution in [0.2, 0.25) is 0 Å². The molecule has 3 atom stereocenters. The van der Waals surface area contributed by atoms with E-state index in [9.17, 15) is 9.59 Å². The second kappa shape index (κ2) is 8.67. The third-order valence-electron chi connectivity index (χ3n) is 5.78. The number of pyridine rings is 1. The van der Waals surface area contributed by atoms with E-state index in [1.807, 2.05) is 53.7 Å². The quantitative estimate of drug-likeness (QED) is 0.584. The molecule has 1 aliphatic heterocycles. The summed E-state index contributed by atoms with van der Waals surface area (Å²) in [7, 11) is 0. The van der Waals surface area contributed by atoms with Gasteiger partial charge in [0.2, 0.25) is 11.8 Å². The van der Waals surface area contributed by atoms with E-state index in [-0.39, 0.29) is 24.4 Å². The summed E-state index contributed by atoms with van der Waals surface area (Å²) in [4.78, 5) is 35.1. The van der Waals surface area contributed by atoms with Crippen LogP contribution in [0.5, 0.6) is 0 Å². The highest BCUT2D eigenvalue weighted by Gasteiger charge is 2.37. The van der Waals surface area contributed by atoms with E-state index in [4.69, 9.17) is 5.73 Å². The number of aromatic amines is 1. The molecule has 1 aromatic carbocycles. The van der Waals surface area contributed by atoms with Crippen LogP contribution in [-0.4, -0.2) is 45.8 Å². The van der Waals surface area contributed by atoms with E-state index in [0.29, 0.717) is 18.9 Å². The summed E-state index contributed by atoms with van der Waals surface area (Å²) in [5.74, 6) is -0.0447. The van der Waals surface area contributed by atoms with Crippen molar-refractivity contribution in [3.05, 3.63) is 66.1 Å². The first-order chi connectivity index (χ1) is 14.6. The second-order valence-electron chi connectivity index (χ2n) is 8.02. The molecule has 3 heterocycles. The van der Waals surface area contributed by atoms with Crippen LogP contribution >= 0.6 is 0 Å². The number of aromatic nitrogens is 2. The number of hydrogen-bond donors (Lipinski definition) is 3. The minimum Gasteiger partial charge on any atom is -0.361 e. The lowest BCUT2D eigenvalue weighted by Gasteiger charge is -2.29. The first-order valence-electron chi connectivity index (χ1n) is 10.3. The smallest absolute Gasteiger partial charge is 0.246 e. The Balaban J connectivity index is 1.62. The van der Waals surface area contributed by atoms with Crippen molar-refractivity contribution >= 4 is 22.7 Å². The number of hydrogen-bond acceptors (Lipinski definition) is 4. The normalized spacial score (nSPS) is 19.7. The van der Waals surface area contributed by atoms with E-state index in [1.165, 1.54) is 0 Å². The Morgan fingerprint density at radius 1 is 1.30 bits per heavy atom. The van der Waals surface area contributed by atoms with Crippen molar-refractivity contribution in [2.45, 2.75) is 31.8 Å². The summed E-state index contributed by atoms with van der Waals surface area (Å²) >= 11 is 0. The number of amides is 2. The summed E-state index contributed by atoms with van der Waals surface area (Å²) in [5, 5.41) is 3.90. The number of nitrogens with one attached hydrogen (secondary N) is 2. The fourth-order valence-electron chi connectivity index (χ4n) is 4.35. The molecule has 2 unspecified atom stereocenters. The number of carbonyl (C=O) groups excluding carboxylic acids is 2. The molecule has 0 spiro atoms. The second-order valence-corrected chi connectivity index (χ2v) is 8.02. The third-order valence-corrected chi connectivity index (χ3v) is 5.78. The maximum atomic E-state index is 13.6. The molecule has 0 bridgehead atoms. The summed E-state index contributed by atoms with van der Waals surface area (Å²) in [6.45, 7) is 2.64. The van der Waals surface area contributed by atoms with Crippen molar-refractivity contribution in [3.8, 4) is 0 Å². The summed E-state index contributed by atoms with van der Waals surface area (Å²) in [6.07, 6.45) is 6.73. The first kappa shape index (κ1) is 20.1. The molecule has 0 radical (unpaired) electrons. The number of fused-ring (bicyclic) bond motifs is 1. The molecule has 7 nitrogen and oxygen atoms in total. The van der Waals surface area contributed by atoms with Gasteiger partial charge in [-0.25, -0.2) is 0 Å². The number of benzene rings is 1. The van der Waals surface area contributed by atoms with Crippen LogP contribution in [0, 0.1) is 5.92 Å². The molecule has 2 amide bonds. The highest BCUT2D eigenvalue weighted by Crippen LogP contribution is 2.35. The van der Waals surface area contributed by atoms with Crippen molar-refractivity contribution in [2.24, 2.45) is 11.7 Å². The molecule has 3 aromatic rings. The van der Waals surface area contributed by atoms with Gasteiger partial charge in [-0.2, -0.15) is 0 Å². The number of para-hydroxylation sites is 1. The lowest BCUT2D eigenvalue weighted by Crippen LogP contribution is -2.51. The van der Waals surface area contributed by atoms with Gasteiger partial charge >= 0.3 is 0 Å². The lowest BCUT2D eigenvalue weighted by molar-refractivity contribution is -0.137. The molecule has 1 aliphatic rings. The summed E-state index contributed by atoms with van der Waals surface area (Å²) < 4.78 is 0. The number of nitrogens with two attached hydrogens (primary N) is 1. The zero-order valence-electron chi connectivity index (χ0n) is 17.0. The van der Waals surface area contributed by atoms with Crippen LogP contribution in [0.1, 0.15) is 30.5 Å². The van der Waals surface area contributed by atoms with Gasteiger partial charge in [0.1, 0.15) is 6.04 Å². The molecule has 4 rings (SSSR count). The van der Waals surface area contributed by atoms with E-state index >= 15 is 0 Å².